The third kappa shape index (κ3) is 10.7. The molecule has 0 spiro atoms. The molecule has 136 heavy (non-hydrogen) atoms. The lowest BCUT2D eigenvalue weighted by Crippen LogP contribution is -2.00. The summed E-state index contributed by atoms with van der Waals surface area (Å²) < 4.78 is 14.6. The highest BCUT2D eigenvalue weighted by atomic mass is 15.1. The van der Waals surface area contributed by atoms with E-state index in [1.54, 1.807) is 6.33 Å². The van der Waals surface area contributed by atoms with Crippen molar-refractivity contribution in [2.45, 2.75) is 0 Å². The smallest absolute Gasteiger partial charge is 0.116 e. The van der Waals surface area contributed by atoms with Crippen LogP contribution in [-0.4, -0.2) is 57.3 Å². The van der Waals surface area contributed by atoms with Crippen molar-refractivity contribution in [3.63, 3.8) is 0 Å². The van der Waals surface area contributed by atoms with Crippen molar-refractivity contribution in [2.24, 2.45) is 0 Å². The van der Waals surface area contributed by atoms with Crippen LogP contribution in [0.4, 0.5) is 0 Å². The number of aromatic nitrogens is 12. The second-order valence-electron chi connectivity index (χ2n) is 35.4. The Kier molecular flexibility index (Phi) is 16.3. The van der Waals surface area contributed by atoms with E-state index < -0.39 is 0 Å². The van der Waals surface area contributed by atoms with Crippen LogP contribution >= 0.6 is 0 Å². The first-order valence-electron chi connectivity index (χ1n) is 46.2. The average molecular weight is 1730 g/mol. The van der Waals surface area contributed by atoms with Gasteiger partial charge in [0.1, 0.15) is 6.33 Å². The highest BCUT2D eigenvalue weighted by Gasteiger charge is 2.31. The fourth-order valence-electron chi connectivity index (χ4n) is 23.2. The van der Waals surface area contributed by atoms with Crippen molar-refractivity contribution in [3.8, 4) is 34.1 Å². The molecule has 0 bridgehead atoms. The minimum absolute atomic E-state index is 0.920. The number of hydrogen-bond acceptors (Lipinski definition) is 6. The highest BCUT2D eigenvalue weighted by Crippen LogP contribution is 2.52. The molecule has 12 nitrogen and oxygen atoms in total. The summed E-state index contributed by atoms with van der Waals surface area (Å²) in [4.78, 5) is 29.3. The number of fused-ring (bicyclic) bond motifs is 43. The maximum atomic E-state index is 5.09. The van der Waals surface area contributed by atoms with Crippen molar-refractivity contribution < 1.29 is 0 Å². The summed E-state index contributed by atoms with van der Waals surface area (Å²) in [6.07, 6.45) is 11.1. The fourth-order valence-corrected chi connectivity index (χ4v) is 23.2. The Balaban J connectivity index is 0.0000000994. The Hall–Kier alpha value is -18.5. The minimum Gasteiger partial charge on any atom is -0.307 e. The van der Waals surface area contributed by atoms with Crippen molar-refractivity contribution in [1.29, 1.82) is 0 Å². The lowest BCUT2D eigenvalue weighted by Gasteiger charge is -2.15. The van der Waals surface area contributed by atoms with Gasteiger partial charge >= 0.3 is 0 Å². The zero-order chi connectivity index (χ0) is 88.9. The van der Waals surface area contributed by atoms with Crippen molar-refractivity contribution in [3.05, 3.63) is 450 Å². The molecule has 0 radical (unpaired) electrons. The number of rotatable bonds is 6. The number of pyridine rings is 2. The van der Waals surface area contributed by atoms with Gasteiger partial charge in [-0.3, -0.25) is 19.9 Å². The first-order chi connectivity index (χ1) is 67.6. The van der Waals surface area contributed by atoms with E-state index in [4.69, 9.17) is 19.9 Å². The third-order valence-electron chi connectivity index (χ3n) is 28.5. The molecule has 0 saturated heterocycles. The van der Waals surface area contributed by atoms with Gasteiger partial charge < -0.3 is 27.4 Å². The summed E-state index contributed by atoms with van der Waals surface area (Å²) in [5.41, 5.74) is 25.3. The molecule has 0 amide bonds. The predicted octanol–water partition coefficient (Wildman–Crippen LogP) is 31.5. The largest absolute Gasteiger partial charge is 0.307 e. The summed E-state index contributed by atoms with van der Waals surface area (Å²) in [5.74, 6) is 0. The molecule has 31 aromatic rings. The molecule has 12 heteroatoms. The second kappa shape index (κ2) is 29.5. The standard InChI is InChI=1S/C45H27N3.C44H26N4.C35H21N5/c1-2-13-28(14-3-1)47-40-23-11-9-20-36(40)42-43-37(21-12-26-46-43)41-35-19-8-10-22-39(35)48(44(41)45(42)47)29-24-25-34-32-17-5-4-15-30(32)31-16-6-7-18-33(31)38(34)27-29;1-2-12-27(13-3-1)47-37-20-10-8-18-34(37)39-41-42(46-25-24-45-41)40-35-19-9-11-21-38(35)48(44(40)43(39)47)28-22-23-33-31-16-5-4-14-29(31)30-15-6-7-17-32(30)36(33)26-28;1-2-10-22(11-3-1)39-29-16-6-5-13-25(29)32-33-26(20-36-21-38-33)31-24-12-4-7-17-30(24)40(34(31)35(32)39)28-18-8-15-27-23(28)14-9-19-37-27/h1-27H;1-26H;1-21H. The Labute approximate surface area is 775 Å². The van der Waals surface area contributed by atoms with Gasteiger partial charge in [-0.25, -0.2) is 9.97 Å². The van der Waals surface area contributed by atoms with Crippen LogP contribution < -0.4 is 0 Å². The Bertz CT molecular complexity index is 10000. The van der Waals surface area contributed by atoms with Crippen LogP contribution in [0.25, 0.3) is 273 Å². The monoisotopic (exact) mass is 1730 g/mol. The van der Waals surface area contributed by atoms with Crippen LogP contribution in [0.1, 0.15) is 0 Å². The van der Waals surface area contributed by atoms with E-state index in [-0.39, 0.29) is 0 Å². The highest BCUT2D eigenvalue weighted by molar-refractivity contribution is 6.40. The molecule has 10 aromatic heterocycles. The summed E-state index contributed by atoms with van der Waals surface area (Å²) in [7, 11) is 0. The van der Waals surface area contributed by atoms with E-state index >= 15 is 0 Å². The van der Waals surface area contributed by atoms with Crippen LogP contribution in [0, 0.1) is 0 Å². The maximum Gasteiger partial charge on any atom is 0.116 e. The zero-order valence-corrected chi connectivity index (χ0v) is 73.1. The number of hydrogen-bond donors (Lipinski definition) is 0. The molecule has 0 unspecified atom stereocenters. The first-order valence-corrected chi connectivity index (χ1v) is 46.2. The molecular formula is C124H74N12. The lowest BCUT2D eigenvalue weighted by atomic mass is 9.94. The van der Waals surface area contributed by atoms with Gasteiger partial charge in [-0.15, -0.1) is 0 Å². The van der Waals surface area contributed by atoms with Gasteiger partial charge in [0.25, 0.3) is 0 Å². The summed E-state index contributed by atoms with van der Waals surface area (Å²) in [5, 5.41) is 32.6. The lowest BCUT2D eigenvalue weighted by molar-refractivity contribution is 1.15. The van der Waals surface area contributed by atoms with Gasteiger partial charge in [-0.1, -0.05) is 285 Å². The number of para-hydroxylation sites is 9. The molecule has 0 N–H and O–H groups in total. The molecule has 10 heterocycles. The van der Waals surface area contributed by atoms with Gasteiger partial charge in [-0.2, -0.15) is 0 Å². The van der Waals surface area contributed by atoms with Crippen molar-refractivity contribution >= 4 is 239 Å². The molecular weight excluding hydrogens is 1660 g/mol. The molecule has 0 atom stereocenters. The number of nitrogens with zero attached hydrogens (tertiary/aromatic N) is 12. The van der Waals surface area contributed by atoms with Gasteiger partial charge in [0, 0.05) is 140 Å². The molecule has 0 aliphatic carbocycles. The summed E-state index contributed by atoms with van der Waals surface area (Å²) >= 11 is 0. The molecule has 0 aliphatic rings. The molecule has 630 valence electrons. The Morgan fingerprint density at radius 1 is 0.154 bits per heavy atom. The van der Waals surface area contributed by atoms with Crippen LogP contribution in [0.15, 0.2) is 450 Å². The Morgan fingerprint density at radius 2 is 0.434 bits per heavy atom. The molecule has 21 aromatic carbocycles. The molecule has 0 aliphatic heterocycles. The van der Waals surface area contributed by atoms with E-state index in [0.717, 1.165) is 149 Å². The van der Waals surface area contributed by atoms with E-state index in [1.807, 2.05) is 37.1 Å². The van der Waals surface area contributed by atoms with Gasteiger partial charge in [0.2, 0.25) is 0 Å². The van der Waals surface area contributed by atoms with Gasteiger partial charge in [0.15, 0.2) is 0 Å². The SMILES string of the molecule is c1ccc(-n2c3ccccc3c3c4ncccc4c4c5ccccc5n(-c5ccc6c7ccccc7c7ccccc7c6c5)c4c32)cc1.c1ccc(-n2c3ccccc3c3c4nccnc4c4c5ccccc5n(-c5ccc6c7ccccc7c7ccccc7c6c5)c4c32)cc1.c1ccc(-n2c3ccccc3c3c4ncncc4c4c5ccccc5n(-c5cccc6ncccc56)c4c32)cc1. The van der Waals surface area contributed by atoms with E-state index in [2.05, 4.69) is 444 Å². The third-order valence-corrected chi connectivity index (χ3v) is 28.5. The van der Waals surface area contributed by atoms with Crippen molar-refractivity contribution in [1.82, 2.24) is 57.3 Å². The van der Waals surface area contributed by atoms with Gasteiger partial charge in [-0.05, 0) is 192 Å². The van der Waals surface area contributed by atoms with E-state index in [1.165, 1.54) is 124 Å². The van der Waals surface area contributed by atoms with Gasteiger partial charge in [0.05, 0.1) is 99.5 Å². The van der Waals surface area contributed by atoms with Crippen LogP contribution in [0.3, 0.4) is 0 Å². The average Bonchev–Trinajstić information content (AvgIpc) is 1.53. The van der Waals surface area contributed by atoms with Crippen molar-refractivity contribution in [2.75, 3.05) is 0 Å². The van der Waals surface area contributed by atoms with Crippen LogP contribution in [0.2, 0.25) is 0 Å². The zero-order valence-electron chi connectivity index (χ0n) is 73.1. The quantitative estimate of drug-likeness (QED) is 0.154. The van der Waals surface area contributed by atoms with E-state index in [9.17, 15) is 0 Å². The molecule has 31 rings (SSSR count). The summed E-state index contributed by atoms with van der Waals surface area (Å²) in [6, 6.07) is 148. The summed E-state index contributed by atoms with van der Waals surface area (Å²) in [6.45, 7) is 0. The van der Waals surface area contributed by atoms with Crippen LogP contribution in [0.5, 0.6) is 0 Å². The molecule has 0 fully saturated rings. The fraction of sp³-hybridized carbons (Fsp3) is 0. The van der Waals surface area contributed by atoms with Crippen LogP contribution in [-0.2, 0) is 0 Å². The number of benzene rings is 21. The Morgan fingerprint density at radius 3 is 0.838 bits per heavy atom. The predicted molar refractivity (Wildman–Crippen MR) is 567 cm³/mol. The van der Waals surface area contributed by atoms with E-state index in [0.29, 0.717) is 0 Å². The maximum absolute atomic E-state index is 5.09. The molecule has 0 saturated carbocycles. The minimum atomic E-state index is 0.920. The normalized spacial score (nSPS) is 12.1. The topological polar surface area (TPSA) is 107 Å². The first kappa shape index (κ1) is 75.3. The second-order valence-corrected chi connectivity index (χ2v) is 35.4.